The van der Waals surface area contributed by atoms with Gasteiger partial charge in [0.15, 0.2) is 0 Å². The molecule has 7 nitrogen and oxygen atoms in total. The van der Waals surface area contributed by atoms with E-state index in [4.69, 9.17) is 9.47 Å². The summed E-state index contributed by atoms with van der Waals surface area (Å²) < 4.78 is 23.9. The first kappa shape index (κ1) is 22.2. The average Bonchev–Trinajstić information content (AvgIpc) is 3.16. The van der Waals surface area contributed by atoms with Crippen LogP contribution < -0.4 is 10.1 Å². The lowest BCUT2D eigenvalue weighted by Gasteiger charge is -2.35. The van der Waals surface area contributed by atoms with Crippen LogP contribution in [0.15, 0.2) is 48.5 Å². The molecule has 0 radical (unpaired) electrons. The summed E-state index contributed by atoms with van der Waals surface area (Å²) in [5.74, 6) is -0.0308. The van der Waals surface area contributed by atoms with E-state index in [1.54, 1.807) is 24.3 Å². The number of amides is 1. The lowest BCUT2D eigenvalue weighted by Crippen LogP contribution is -2.42. The molecule has 8 heteroatoms. The van der Waals surface area contributed by atoms with Crippen LogP contribution in [-0.4, -0.2) is 60.8 Å². The Morgan fingerprint density at radius 3 is 2.50 bits per heavy atom. The number of aliphatic hydroxyl groups is 1. The lowest BCUT2D eigenvalue weighted by atomic mass is 9.78. The van der Waals surface area contributed by atoms with Crippen molar-refractivity contribution in [3.63, 3.8) is 0 Å². The van der Waals surface area contributed by atoms with Crippen molar-refractivity contribution >= 4 is 17.6 Å². The van der Waals surface area contributed by atoms with Gasteiger partial charge in [-0.3, -0.25) is 9.69 Å². The highest BCUT2D eigenvalue weighted by molar-refractivity contribution is 5.92. The van der Waals surface area contributed by atoms with Crippen molar-refractivity contribution in [2.75, 3.05) is 32.1 Å². The van der Waals surface area contributed by atoms with E-state index in [1.165, 1.54) is 31.4 Å². The molecule has 32 heavy (non-hydrogen) atoms. The van der Waals surface area contributed by atoms with Crippen molar-refractivity contribution in [3.8, 4) is 5.75 Å². The van der Waals surface area contributed by atoms with Gasteiger partial charge in [0.1, 0.15) is 23.2 Å². The number of carbonyl (C=O) groups excluding carboxylic acids is 2. The Morgan fingerprint density at radius 2 is 1.78 bits per heavy atom. The minimum atomic E-state index is -0.657. The van der Waals surface area contributed by atoms with Gasteiger partial charge in [-0.2, -0.15) is 0 Å². The van der Waals surface area contributed by atoms with Crippen LogP contribution in [-0.2, 0) is 9.53 Å². The van der Waals surface area contributed by atoms with Crippen molar-refractivity contribution in [3.05, 3.63) is 59.9 Å². The van der Waals surface area contributed by atoms with Crippen molar-refractivity contribution in [1.82, 2.24) is 4.90 Å². The Labute approximate surface area is 186 Å². The number of likely N-dealkylation sites (tertiary alicyclic amines) is 1. The third-order valence-electron chi connectivity index (χ3n) is 6.23. The number of para-hydroxylation sites is 1. The number of hydrogen-bond acceptors (Lipinski definition) is 6. The van der Waals surface area contributed by atoms with Crippen LogP contribution >= 0.6 is 0 Å². The van der Waals surface area contributed by atoms with Gasteiger partial charge in [-0.1, -0.05) is 12.1 Å². The lowest BCUT2D eigenvalue weighted by molar-refractivity contribution is -0.117. The standard InChI is InChI=1S/C24H27FN2O5/c1-31-24(30)19-4-2-3-5-21(19)32-22-11-16-13-27(12-15(16)10-20(22)28)14-23(29)26-18-8-6-17(25)7-9-18/h2-9,15-16,20,22,28H,10-14H2,1H3,(H,26,29)/t15-,16+,20+,22+/m0/s1. The van der Waals surface area contributed by atoms with E-state index >= 15 is 0 Å². The highest BCUT2D eigenvalue weighted by atomic mass is 19.1. The average molecular weight is 442 g/mol. The number of halogens is 1. The summed E-state index contributed by atoms with van der Waals surface area (Å²) >= 11 is 0. The zero-order valence-electron chi connectivity index (χ0n) is 17.9. The molecular formula is C24H27FN2O5. The summed E-state index contributed by atoms with van der Waals surface area (Å²) in [5, 5.41) is 13.5. The molecule has 0 bridgehead atoms. The number of benzene rings is 2. The number of methoxy groups -OCH3 is 1. The Hall–Kier alpha value is -2.97. The van der Waals surface area contributed by atoms with Gasteiger partial charge in [0.25, 0.3) is 0 Å². The van der Waals surface area contributed by atoms with Crippen molar-refractivity contribution < 1.29 is 28.6 Å². The number of anilines is 1. The minimum absolute atomic E-state index is 0.157. The van der Waals surface area contributed by atoms with E-state index < -0.39 is 18.2 Å². The highest BCUT2D eigenvalue weighted by Gasteiger charge is 2.43. The summed E-state index contributed by atoms with van der Waals surface area (Å²) in [6.07, 6.45) is 0.119. The summed E-state index contributed by atoms with van der Waals surface area (Å²) in [4.78, 5) is 26.5. The Kier molecular flexibility index (Phi) is 6.72. The Morgan fingerprint density at radius 1 is 1.09 bits per heavy atom. The van der Waals surface area contributed by atoms with Gasteiger partial charge in [0.2, 0.25) is 5.91 Å². The van der Waals surface area contributed by atoms with Crippen LogP contribution in [0.3, 0.4) is 0 Å². The Balaban J connectivity index is 1.34. The molecule has 1 heterocycles. The molecule has 1 saturated heterocycles. The van der Waals surface area contributed by atoms with E-state index in [1.807, 2.05) is 0 Å². The van der Waals surface area contributed by atoms with Gasteiger partial charge < -0.3 is 19.9 Å². The van der Waals surface area contributed by atoms with E-state index in [-0.39, 0.29) is 30.1 Å². The van der Waals surface area contributed by atoms with Crippen LogP contribution in [0.1, 0.15) is 23.2 Å². The SMILES string of the molecule is COC(=O)c1ccccc1O[C@@H]1C[C@@H]2CN(CC(=O)Nc3ccc(F)cc3)C[C@@H]2C[C@H]1O. The Bertz CT molecular complexity index is 967. The fourth-order valence-corrected chi connectivity index (χ4v) is 4.69. The number of nitrogens with one attached hydrogen (secondary N) is 1. The molecule has 1 amide bonds. The molecular weight excluding hydrogens is 415 g/mol. The molecule has 1 aliphatic heterocycles. The summed E-state index contributed by atoms with van der Waals surface area (Å²) in [6, 6.07) is 12.5. The van der Waals surface area contributed by atoms with Gasteiger partial charge in [-0.15, -0.1) is 0 Å². The van der Waals surface area contributed by atoms with Crippen molar-refractivity contribution in [1.29, 1.82) is 0 Å². The number of ether oxygens (including phenoxy) is 2. The largest absolute Gasteiger partial charge is 0.487 e. The first-order valence-corrected chi connectivity index (χ1v) is 10.7. The van der Waals surface area contributed by atoms with Crippen molar-refractivity contribution in [2.24, 2.45) is 11.8 Å². The molecule has 2 fully saturated rings. The molecule has 170 valence electrons. The normalized spacial score (nSPS) is 25.1. The zero-order valence-corrected chi connectivity index (χ0v) is 17.9. The molecule has 2 N–H and O–H groups in total. The van der Waals surface area contributed by atoms with Crippen LogP contribution in [0.5, 0.6) is 5.75 Å². The van der Waals surface area contributed by atoms with E-state index in [0.717, 1.165) is 13.1 Å². The van der Waals surface area contributed by atoms with Gasteiger partial charge in [0.05, 0.1) is 19.8 Å². The quantitative estimate of drug-likeness (QED) is 0.669. The van der Waals surface area contributed by atoms with Crippen LogP contribution in [0.4, 0.5) is 10.1 Å². The first-order valence-electron chi connectivity index (χ1n) is 10.7. The molecule has 2 aliphatic rings. The van der Waals surface area contributed by atoms with E-state index in [2.05, 4.69) is 10.2 Å². The van der Waals surface area contributed by atoms with Crippen LogP contribution in [0.2, 0.25) is 0 Å². The number of esters is 1. The molecule has 0 unspecified atom stereocenters. The number of aliphatic hydroxyl groups excluding tert-OH is 1. The summed E-state index contributed by atoms with van der Waals surface area (Å²) in [7, 11) is 1.32. The molecule has 1 saturated carbocycles. The fraction of sp³-hybridized carbons (Fsp3) is 0.417. The van der Waals surface area contributed by atoms with Crippen molar-refractivity contribution in [2.45, 2.75) is 25.0 Å². The second-order valence-corrected chi connectivity index (χ2v) is 8.45. The monoisotopic (exact) mass is 442 g/mol. The zero-order chi connectivity index (χ0) is 22.7. The molecule has 2 aromatic rings. The molecule has 0 aromatic heterocycles. The number of fused-ring (bicyclic) bond motifs is 1. The predicted molar refractivity (Wildman–Crippen MR) is 116 cm³/mol. The molecule has 4 atom stereocenters. The maximum Gasteiger partial charge on any atom is 0.341 e. The number of rotatable bonds is 6. The fourth-order valence-electron chi connectivity index (χ4n) is 4.69. The second-order valence-electron chi connectivity index (χ2n) is 8.45. The third kappa shape index (κ3) is 5.08. The van der Waals surface area contributed by atoms with Crippen LogP contribution in [0.25, 0.3) is 0 Å². The van der Waals surface area contributed by atoms with Crippen LogP contribution in [0, 0.1) is 17.7 Å². The van der Waals surface area contributed by atoms with Gasteiger partial charge in [-0.25, -0.2) is 9.18 Å². The molecule has 0 spiro atoms. The molecule has 2 aromatic carbocycles. The smallest absolute Gasteiger partial charge is 0.341 e. The number of hydrogen-bond donors (Lipinski definition) is 2. The number of nitrogens with zero attached hydrogens (tertiary/aromatic N) is 1. The molecule has 1 aliphatic carbocycles. The molecule has 4 rings (SSSR count). The first-order chi connectivity index (χ1) is 15.4. The number of carbonyl (C=O) groups is 2. The minimum Gasteiger partial charge on any atom is -0.487 e. The van der Waals surface area contributed by atoms with Gasteiger partial charge in [0, 0.05) is 18.8 Å². The summed E-state index contributed by atoms with van der Waals surface area (Å²) in [5.41, 5.74) is 0.885. The van der Waals surface area contributed by atoms with E-state index in [9.17, 15) is 19.1 Å². The highest BCUT2D eigenvalue weighted by Crippen LogP contribution is 2.38. The summed E-state index contributed by atoms with van der Waals surface area (Å²) in [6.45, 7) is 1.69. The second kappa shape index (κ2) is 9.67. The van der Waals surface area contributed by atoms with E-state index in [0.29, 0.717) is 29.8 Å². The maximum absolute atomic E-state index is 13.0. The third-order valence-corrected chi connectivity index (χ3v) is 6.23. The predicted octanol–water partition coefficient (Wildman–Crippen LogP) is 2.70. The van der Waals surface area contributed by atoms with Gasteiger partial charge >= 0.3 is 5.97 Å². The maximum atomic E-state index is 13.0. The van der Waals surface area contributed by atoms with Gasteiger partial charge in [-0.05, 0) is 61.1 Å². The topological polar surface area (TPSA) is 88.1 Å².